The highest BCUT2D eigenvalue weighted by molar-refractivity contribution is 9.10. The largest absolute Gasteiger partial charge is 0.444 e. The number of benzene rings is 2. The summed E-state index contributed by atoms with van der Waals surface area (Å²) in [6.45, 7) is 13.3. The van der Waals surface area contributed by atoms with Crippen molar-refractivity contribution in [2.24, 2.45) is 0 Å². The zero-order chi connectivity index (χ0) is 28.0. The zero-order valence-electron chi connectivity index (χ0n) is 22.5. The van der Waals surface area contributed by atoms with Crippen molar-refractivity contribution < 1.29 is 24.0 Å². The highest BCUT2D eigenvalue weighted by Crippen LogP contribution is 2.26. The Labute approximate surface area is 227 Å². The van der Waals surface area contributed by atoms with Crippen LogP contribution in [0.5, 0.6) is 0 Å². The molecular weight excluding hydrogens is 542 g/mol. The lowest BCUT2D eigenvalue weighted by atomic mass is 10.1. The minimum absolute atomic E-state index is 0.0531. The lowest BCUT2D eigenvalue weighted by Gasteiger charge is -2.30. The topological polar surface area (TPSA) is 102 Å². The van der Waals surface area contributed by atoms with Crippen molar-refractivity contribution >= 4 is 39.5 Å². The van der Waals surface area contributed by atoms with Crippen molar-refractivity contribution in [1.82, 2.24) is 4.90 Å². The molecule has 0 unspecified atom stereocenters. The minimum Gasteiger partial charge on any atom is -0.444 e. The average molecular weight is 579 g/mol. The fourth-order valence-electron chi connectivity index (χ4n) is 3.36. The van der Waals surface area contributed by atoms with Crippen LogP contribution in [0, 0.1) is 17.0 Å². The van der Waals surface area contributed by atoms with Crippen molar-refractivity contribution in [3.05, 3.63) is 68.2 Å². The monoisotopic (exact) mass is 577 g/mol. The summed E-state index contributed by atoms with van der Waals surface area (Å²) < 4.78 is 12.1. The summed E-state index contributed by atoms with van der Waals surface area (Å²) >= 11 is 3.52. The van der Waals surface area contributed by atoms with Crippen molar-refractivity contribution in [2.75, 3.05) is 18.0 Å². The van der Waals surface area contributed by atoms with Gasteiger partial charge in [-0.25, -0.2) is 9.59 Å². The van der Waals surface area contributed by atoms with Gasteiger partial charge in [0.05, 0.1) is 4.92 Å². The fourth-order valence-corrected chi connectivity index (χ4v) is 3.73. The van der Waals surface area contributed by atoms with E-state index in [0.717, 1.165) is 10.0 Å². The Bertz CT molecular complexity index is 1120. The predicted octanol–water partition coefficient (Wildman–Crippen LogP) is 7.23. The summed E-state index contributed by atoms with van der Waals surface area (Å²) in [5.41, 5.74) is 0.848. The molecule has 0 heterocycles. The number of ether oxygens (including phenoxy) is 2. The Hall–Kier alpha value is -3.14. The predicted molar refractivity (Wildman–Crippen MR) is 147 cm³/mol. The fraction of sp³-hybridized carbons (Fsp3) is 0.481. The molecule has 37 heavy (non-hydrogen) atoms. The molecule has 0 fully saturated rings. The molecule has 9 nitrogen and oxygen atoms in total. The Morgan fingerprint density at radius 1 is 0.946 bits per heavy atom. The summed E-state index contributed by atoms with van der Waals surface area (Å²) in [6.07, 6.45) is -0.620. The number of rotatable bonds is 8. The van der Waals surface area contributed by atoms with E-state index in [1.54, 1.807) is 53.7 Å². The van der Waals surface area contributed by atoms with Gasteiger partial charge in [-0.3, -0.25) is 15.0 Å². The number of nitrogens with zero attached hydrogens (tertiary/aromatic N) is 3. The number of aryl methyl sites for hydroxylation is 1. The first-order valence-corrected chi connectivity index (χ1v) is 12.8. The lowest BCUT2D eigenvalue weighted by Crippen LogP contribution is -2.40. The molecule has 202 valence electrons. The van der Waals surface area contributed by atoms with Gasteiger partial charge in [-0.1, -0.05) is 34.1 Å². The number of carbonyl (C=O) groups excluding carboxylic acids is 2. The Morgan fingerprint density at radius 2 is 1.57 bits per heavy atom. The van der Waals surface area contributed by atoms with Gasteiger partial charge in [0.25, 0.3) is 5.69 Å². The van der Waals surface area contributed by atoms with Crippen LogP contribution in [0.25, 0.3) is 0 Å². The molecule has 0 saturated heterocycles. The number of hydrogen-bond donors (Lipinski definition) is 0. The van der Waals surface area contributed by atoms with E-state index < -0.39 is 28.3 Å². The number of amides is 2. The van der Waals surface area contributed by atoms with E-state index in [1.165, 1.54) is 21.9 Å². The number of anilines is 1. The number of carbonyl (C=O) groups is 2. The Balaban J connectivity index is 2.25. The summed E-state index contributed by atoms with van der Waals surface area (Å²) in [4.78, 5) is 39.8. The second kappa shape index (κ2) is 12.4. The summed E-state index contributed by atoms with van der Waals surface area (Å²) in [5, 5.41) is 11.2. The maximum Gasteiger partial charge on any atom is 0.414 e. The van der Waals surface area contributed by atoms with E-state index >= 15 is 0 Å². The molecule has 2 amide bonds. The van der Waals surface area contributed by atoms with Gasteiger partial charge in [-0.15, -0.1) is 0 Å². The van der Waals surface area contributed by atoms with Crippen LogP contribution in [-0.4, -0.2) is 46.3 Å². The summed E-state index contributed by atoms with van der Waals surface area (Å²) in [6, 6.07) is 11.8. The van der Waals surface area contributed by atoms with E-state index in [9.17, 15) is 19.7 Å². The molecule has 2 aromatic rings. The molecule has 0 atom stereocenters. The molecule has 0 saturated carbocycles. The van der Waals surface area contributed by atoms with Gasteiger partial charge in [0.15, 0.2) is 0 Å². The van der Waals surface area contributed by atoms with Gasteiger partial charge < -0.3 is 14.4 Å². The van der Waals surface area contributed by atoms with Crippen molar-refractivity contribution in [3.63, 3.8) is 0 Å². The SMILES string of the molecule is Cc1ccc(N(CCCN(Cc2cccc([N+](=O)[O-])c2)C(=O)OC(C)(C)C)C(=O)OC(C)(C)C)cc1Br. The van der Waals surface area contributed by atoms with Crippen LogP contribution < -0.4 is 4.90 Å². The molecule has 0 aliphatic carbocycles. The van der Waals surface area contributed by atoms with Gasteiger partial charge in [0.2, 0.25) is 0 Å². The molecule has 0 spiro atoms. The van der Waals surface area contributed by atoms with Crippen LogP contribution in [0.4, 0.5) is 21.0 Å². The van der Waals surface area contributed by atoms with Crippen LogP contribution in [0.1, 0.15) is 59.1 Å². The Morgan fingerprint density at radius 3 is 2.14 bits per heavy atom. The van der Waals surface area contributed by atoms with Gasteiger partial charge in [-0.2, -0.15) is 0 Å². The molecule has 0 aliphatic rings. The number of nitro benzene ring substituents is 1. The third-order valence-corrected chi connectivity index (χ3v) is 5.89. The molecule has 0 aromatic heterocycles. The highest BCUT2D eigenvalue weighted by Gasteiger charge is 2.26. The number of nitro groups is 1. The van der Waals surface area contributed by atoms with E-state index in [-0.39, 0.29) is 25.3 Å². The lowest BCUT2D eigenvalue weighted by molar-refractivity contribution is -0.384. The molecule has 0 N–H and O–H groups in total. The number of non-ortho nitro benzene ring substituents is 1. The maximum atomic E-state index is 13.1. The van der Waals surface area contributed by atoms with Crippen LogP contribution in [0.3, 0.4) is 0 Å². The third kappa shape index (κ3) is 10.0. The number of halogens is 1. The first kappa shape index (κ1) is 30.1. The van der Waals surface area contributed by atoms with Crippen LogP contribution in [0.15, 0.2) is 46.9 Å². The van der Waals surface area contributed by atoms with E-state index in [4.69, 9.17) is 9.47 Å². The van der Waals surface area contributed by atoms with Gasteiger partial charge >= 0.3 is 12.2 Å². The van der Waals surface area contributed by atoms with Crippen molar-refractivity contribution in [3.8, 4) is 0 Å². The van der Waals surface area contributed by atoms with E-state index in [2.05, 4.69) is 15.9 Å². The second-order valence-corrected chi connectivity index (χ2v) is 11.6. The van der Waals surface area contributed by atoms with Crippen molar-refractivity contribution in [2.45, 2.75) is 72.6 Å². The normalized spacial score (nSPS) is 11.6. The minimum atomic E-state index is -0.714. The third-order valence-electron chi connectivity index (χ3n) is 5.04. The highest BCUT2D eigenvalue weighted by atomic mass is 79.9. The quantitative estimate of drug-likeness (QED) is 0.242. The van der Waals surface area contributed by atoms with Crippen LogP contribution in [0.2, 0.25) is 0 Å². The molecule has 0 aliphatic heterocycles. The molecular formula is C27H36BrN3O6. The number of hydrogen-bond acceptors (Lipinski definition) is 6. The molecule has 2 aromatic carbocycles. The second-order valence-electron chi connectivity index (χ2n) is 10.7. The molecule has 0 radical (unpaired) electrons. The Kier molecular flexibility index (Phi) is 10.1. The van der Waals surface area contributed by atoms with E-state index in [1.807, 2.05) is 25.1 Å². The van der Waals surface area contributed by atoms with Gasteiger partial charge in [0.1, 0.15) is 11.2 Å². The standard InChI is InChI=1S/C27H36BrN3O6/c1-19-12-13-21(17-23(19)28)30(25(33)37-27(5,6)7)15-9-14-29(24(32)36-26(2,3)4)18-20-10-8-11-22(16-20)31(34)35/h8,10-13,16-17H,9,14-15,18H2,1-7H3. The summed E-state index contributed by atoms with van der Waals surface area (Å²) in [7, 11) is 0. The first-order chi connectivity index (χ1) is 17.1. The molecule has 2 rings (SSSR count). The maximum absolute atomic E-state index is 13.1. The summed E-state index contributed by atoms with van der Waals surface area (Å²) in [5.74, 6) is 0. The van der Waals surface area contributed by atoms with E-state index in [0.29, 0.717) is 17.7 Å². The molecule has 0 bridgehead atoms. The van der Waals surface area contributed by atoms with Crippen molar-refractivity contribution in [1.29, 1.82) is 0 Å². The average Bonchev–Trinajstić information content (AvgIpc) is 2.75. The zero-order valence-corrected chi connectivity index (χ0v) is 24.1. The smallest absolute Gasteiger partial charge is 0.414 e. The molecule has 10 heteroatoms. The van der Waals surface area contributed by atoms with Gasteiger partial charge in [-0.05, 0) is 78.1 Å². The van der Waals surface area contributed by atoms with Crippen LogP contribution in [-0.2, 0) is 16.0 Å². The first-order valence-electron chi connectivity index (χ1n) is 12.0. The van der Waals surface area contributed by atoms with Gasteiger partial charge in [0, 0.05) is 41.9 Å². The van der Waals surface area contributed by atoms with Crippen LogP contribution >= 0.6 is 15.9 Å².